The van der Waals surface area contributed by atoms with E-state index in [0.29, 0.717) is 0 Å². The van der Waals surface area contributed by atoms with Crippen LogP contribution in [0.25, 0.3) is 0 Å². The summed E-state index contributed by atoms with van der Waals surface area (Å²) in [7, 11) is 0. The minimum absolute atomic E-state index is 0.779. The largest absolute Gasteiger partial charge is 0.0683 e. The Morgan fingerprint density at radius 2 is 0.325 bits per heavy atom. The molecule has 34 aliphatic rings. The molecule has 114 heavy (non-hydrogen) atoms. The SMILES string of the molecule is C1C2CC3CC1CC3C2.C1C2CC3CC1CC3C2.C1CC2CC(C1)C2.C1CC2CC3CC1CC(C2)C3.C1CC2CCC1C2.C1CC2CCC1C2.C1CC2CCC1CC2.CC.CC.CC.CC.CC.CC.CC.CC12CC3CC(CC(C3)C1)C2.CC12CCCC(CCC1)C2.CC1C2CC3CC(C2)CC1C3.CC1C2CCCC1CCC2. The summed E-state index contributed by atoms with van der Waals surface area (Å²) in [6, 6.07) is 0. The fourth-order valence-electron chi connectivity index (χ4n) is 34.9. The van der Waals surface area contributed by atoms with E-state index in [2.05, 4.69) is 27.7 Å². The molecule has 666 valence electrons. The first-order valence-corrected chi connectivity index (χ1v) is 55.8. The van der Waals surface area contributed by atoms with Gasteiger partial charge in [0.25, 0.3) is 0 Å². The zero-order valence-corrected chi connectivity index (χ0v) is 81.3. The van der Waals surface area contributed by atoms with Gasteiger partial charge in [0.05, 0.1) is 0 Å². The van der Waals surface area contributed by atoms with E-state index in [4.69, 9.17) is 0 Å². The van der Waals surface area contributed by atoms with Crippen molar-refractivity contribution in [2.45, 2.75) is 523 Å². The molecule has 34 saturated carbocycles. The van der Waals surface area contributed by atoms with Crippen LogP contribution in [0.3, 0.4) is 0 Å². The molecular formula is C114H210. The van der Waals surface area contributed by atoms with E-state index in [0.717, 1.165) is 106 Å². The molecule has 0 atom stereocenters. The normalized spacial score (nSPS) is 47.2. The number of hydrogen-bond acceptors (Lipinski definition) is 0. The Balaban J connectivity index is 0.000000131. The summed E-state index contributed by atoms with van der Waals surface area (Å²) in [6.45, 7) is 38.0. The van der Waals surface area contributed by atoms with Crippen LogP contribution in [0.1, 0.15) is 523 Å². The Kier molecular flexibility index (Phi) is 41.4. The number of fused-ring (bicyclic) bond motifs is 14. The van der Waals surface area contributed by atoms with E-state index in [1.165, 1.54) is 178 Å². The highest BCUT2D eigenvalue weighted by atomic mass is 14.6. The Hall–Kier alpha value is 0. The van der Waals surface area contributed by atoms with E-state index in [-0.39, 0.29) is 0 Å². The van der Waals surface area contributed by atoms with Gasteiger partial charge in [0, 0.05) is 0 Å². The van der Waals surface area contributed by atoms with Crippen LogP contribution in [0.5, 0.6) is 0 Å². The zero-order chi connectivity index (χ0) is 81.3. The van der Waals surface area contributed by atoms with Gasteiger partial charge in [0.2, 0.25) is 0 Å². The van der Waals surface area contributed by atoms with Crippen LogP contribution in [0.15, 0.2) is 0 Å². The Morgan fingerprint density at radius 3 is 0.535 bits per heavy atom. The fraction of sp³-hybridized carbons (Fsp3) is 1.00. The van der Waals surface area contributed by atoms with Gasteiger partial charge in [-0.2, -0.15) is 0 Å². The molecule has 34 rings (SSSR count). The minimum Gasteiger partial charge on any atom is -0.0683 e. The molecule has 0 aliphatic heterocycles. The van der Waals surface area contributed by atoms with Crippen molar-refractivity contribution in [3.63, 3.8) is 0 Å². The van der Waals surface area contributed by atoms with Crippen molar-refractivity contribution >= 4 is 0 Å². The smallest absolute Gasteiger partial charge is 0.0318 e. The van der Waals surface area contributed by atoms with Gasteiger partial charge in [-0.15, -0.1) is 0 Å². The lowest BCUT2D eigenvalue weighted by molar-refractivity contribution is -0.0411. The fourth-order valence-corrected chi connectivity index (χ4v) is 34.9. The summed E-state index contributed by atoms with van der Waals surface area (Å²) in [5.74, 6) is 37.1. The molecule has 0 aromatic heterocycles. The maximum absolute atomic E-state index is 2.54. The maximum atomic E-state index is 2.54. The van der Waals surface area contributed by atoms with Crippen LogP contribution in [0.4, 0.5) is 0 Å². The summed E-state index contributed by atoms with van der Waals surface area (Å²) in [5.41, 5.74) is 1.58. The van der Waals surface area contributed by atoms with E-state index >= 15 is 0 Å². The van der Waals surface area contributed by atoms with E-state index in [1.54, 1.807) is 315 Å². The summed E-state index contributed by atoms with van der Waals surface area (Å²) in [5, 5.41) is 0. The summed E-state index contributed by atoms with van der Waals surface area (Å²) < 4.78 is 0. The number of rotatable bonds is 0. The summed E-state index contributed by atoms with van der Waals surface area (Å²) in [6.07, 6.45) is 97.4. The molecule has 34 aliphatic carbocycles. The second-order valence-electron chi connectivity index (χ2n) is 46.8. The molecule has 0 N–H and O–H groups in total. The molecule has 32 bridgehead atoms. The first kappa shape index (κ1) is 96.2. The lowest BCUT2D eigenvalue weighted by atomic mass is 9.50. The second kappa shape index (κ2) is 49.0. The molecule has 0 radical (unpaired) electrons. The molecule has 34 fully saturated rings. The number of hydrogen-bond donors (Lipinski definition) is 0. The lowest BCUT2D eigenvalue weighted by Crippen LogP contribution is -2.44. The van der Waals surface area contributed by atoms with E-state index in [1.807, 2.05) is 96.9 Å². The topological polar surface area (TPSA) is 0 Å². The molecule has 0 spiro atoms. The highest BCUT2D eigenvalue weighted by molar-refractivity contribution is 5.02. The van der Waals surface area contributed by atoms with Crippen LogP contribution in [-0.2, 0) is 0 Å². The van der Waals surface area contributed by atoms with Gasteiger partial charge >= 0.3 is 0 Å². The van der Waals surface area contributed by atoms with Crippen molar-refractivity contribution < 1.29 is 0 Å². The zero-order valence-electron chi connectivity index (χ0n) is 81.3. The van der Waals surface area contributed by atoms with Gasteiger partial charge in [0.1, 0.15) is 0 Å². The second-order valence-corrected chi connectivity index (χ2v) is 46.8. The van der Waals surface area contributed by atoms with Crippen LogP contribution in [-0.4, -0.2) is 0 Å². The Bertz CT molecular complexity index is 2170. The van der Waals surface area contributed by atoms with E-state index < -0.39 is 0 Å². The molecule has 0 saturated heterocycles. The molecule has 0 aromatic rings. The summed E-state index contributed by atoms with van der Waals surface area (Å²) in [4.78, 5) is 0. The Labute approximate surface area is 718 Å². The van der Waals surface area contributed by atoms with Crippen molar-refractivity contribution in [1.82, 2.24) is 0 Å². The average Bonchev–Trinajstić information content (AvgIpc) is 1.10. The van der Waals surface area contributed by atoms with Crippen molar-refractivity contribution in [2.75, 3.05) is 0 Å². The monoisotopic (exact) mass is 1580 g/mol. The molecule has 0 nitrogen and oxygen atoms in total. The highest BCUT2D eigenvalue weighted by Crippen LogP contribution is 2.63. The van der Waals surface area contributed by atoms with Crippen molar-refractivity contribution in [3.8, 4) is 0 Å². The lowest BCUT2D eigenvalue weighted by Gasteiger charge is -2.55. The highest BCUT2D eigenvalue weighted by Gasteiger charge is 2.51. The third-order valence-electron chi connectivity index (χ3n) is 39.2. The summed E-state index contributed by atoms with van der Waals surface area (Å²) >= 11 is 0. The molecule has 0 aromatic carbocycles. The predicted molar refractivity (Wildman–Crippen MR) is 505 cm³/mol. The maximum Gasteiger partial charge on any atom is -0.0318 e. The standard InChI is InChI=1S/3C11H18.2C10H18.2C9H14.C8H14.3C7H12.7C2H6/c1-11-5-8-2-9(6-11)4-10(3-8)7-11;1-7-10-3-8-2-9(5-10)6-11(7)4-8;1-2-9-5-10-3-8(1)4-11(6-9)7-10;1-10-6-2-4-9(8-10)5-3-7-10;1-8-9-4-2-5-10(8)7-3-6-9;2*1-6-2-8-4-7(1)5-9(8)3-6;1-2-8-5-3-7(1)4-6-8;2*1-2-7-4-3-6(1)5-7;1-2-6-4-7(3-1)5-6;7*1-2/h8-10H,2-7H2,1H3;7-11H,2-6H2,1H3;8-11H,1-7H2;9H,2-8H2,1H3;8-10H,2-7H2,1H3;2*6-9H,1-5H2;7-8H,1-6H2;3*6-7H,1-5H2;7*1-2H3. The van der Waals surface area contributed by atoms with Gasteiger partial charge in [-0.05, 0) is 412 Å². The molecule has 0 unspecified atom stereocenters. The first-order chi connectivity index (χ1) is 55.8. The Morgan fingerprint density at radius 1 is 0.140 bits per heavy atom. The van der Waals surface area contributed by atoms with Crippen molar-refractivity contribution in [1.29, 1.82) is 0 Å². The van der Waals surface area contributed by atoms with Crippen LogP contribution >= 0.6 is 0 Å². The van der Waals surface area contributed by atoms with Crippen LogP contribution < -0.4 is 0 Å². The van der Waals surface area contributed by atoms with E-state index in [9.17, 15) is 0 Å². The van der Waals surface area contributed by atoms with Crippen LogP contribution in [0.2, 0.25) is 0 Å². The third kappa shape index (κ3) is 27.5. The molecule has 0 heterocycles. The van der Waals surface area contributed by atoms with Gasteiger partial charge < -0.3 is 0 Å². The third-order valence-corrected chi connectivity index (χ3v) is 39.2. The predicted octanol–water partition coefficient (Wildman–Crippen LogP) is 37.4. The van der Waals surface area contributed by atoms with Gasteiger partial charge in [0.15, 0.2) is 0 Å². The quantitative estimate of drug-likeness (QED) is 0.227. The molecule has 0 heteroatoms. The minimum atomic E-state index is 0.779. The van der Waals surface area contributed by atoms with Crippen molar-refractivity contribution in [2.24, 2.45) is 200 Å². The average molecular weight is 1580 g/mol. The molecular weight excluding hydrogens is 1370 g/mol. The van der Waals surface area contributed by atoms with Gasteiger partial charge in [-0.25, -0.2) is 0 Å². The van der Waals surface area contributed by atoms with Gasteiger partial charge in [-0.1, -0.05) is 311 Å². The molecule has 0 amide bonds. The van der Waals surface area contributed by atoms with Gasteiger partial charge in [-0.3, -0.25) is 0 Å². The van der Waals surface area contributed by atoms with Crippen LogP contribution in [0, 0.1) is 200 Å². The van der Waals surface area contributed by atoms with Crippen molar-refractivity contribution in [3.05, 3.63) is 0 Å². The first-order valence-electron chi connectivity index (χ1n) is 55.8.